The maximum Gasteiger partial charge on any atom is 0.0127 e. The van der Waals surface area contributed by atoms with Crippen molar-refractivity contribution in [2.24, 2.45) is 10.2 Å². The SMILES string of the molecule is [N-]=[N+]=NC#CN=[N+]=[N-]. The fraction of sp³-hybridized carbons (Fsp3) is 0. The lowest BCUT2D eigenvalue weighted by Crippen LogP contribution is -1.40. The monoisotopic (exact) mass is 108 g/mol. The van der Waals surface area contributed by atoms with Crippen LogP contribution in [0.2, 0.25) is 0 Å². The molecule has 0 atom stereocenters. The van der Waals surface area contributed by atoms with Gasteiger partial charge in [0.25, 0.3) is 0 Å². The van der Waals surface area contributed by atoms with E-state index in [1.165, 1.54) is 0 Å². The van der Waals surface area contributed by atoms with Crippen LogP contribution in [-0.2, 0) is 0 Å². The van der Waals surface area contributed by atoms with Crippen molar-refractivity contribution < 1.29 is 0 Å². The van der Waals surface area contributed by atoms with Crippen LogP contribution in [0.15, 0.2) is 10.2 Å². The smallest absolute Gasteiger partial charge is 0.0123 e. The Morgan fingerprint density at radius 2 is 1.38 bits per heavy atom. The molecule has 0 amide bonds. The Kier molecular flexibility index (Phi) is 4.00. The number of nitrogens with zero attached hydrogens (tertiary/aromatic N) is 6. The molecule has 0 aromatic rings. The lowest BCUT2D eigenvalue weighted by molar-refractivity contribution is 1.54. The first kappa shape index (κ1) is 6.18. The van der Waals surface area contributed by atoms with E-state index in [-0.39, 0.29) is 0 Å². The van der Waals surface area contributed by atoms with Crippen molar-refractivity contribution in [1.82, 2.24) is 0 Å². The van der Waals surface area contributed by atoms with Gasteiger partial charge in [0.2, 0.25) is 0 Å². The van der Waals surface area contributed by atoms with Crippen molar-refractivity contribution in [3.63, 3.8) is 0 Å². The number of hydrogen-bond acceptors (Lipinski definition) is 2. The van der Waals surface area contributed by atoms with Gasteiger partial charge in [-0.3, -0.25) is 0 Å². The van der Waals surface area contributed by atoms with E-state index in [9.17, 15) is 0 Å². The summed E-state index contributed by atoms with van der Waals surface area (Å²) in [7, 11) is 0. The Bertz CT molecular complexity index is 182. The van der Waals surface area contributed by atoms with E-state index in [0.717, 1.165) is 0 Å². The average Bonchev–Trinajstić information content (AvgIpc) is 1.81. The van der Waals surface area contributed by atoms with Crippen LogP contribution in [0.1, 0.15) is 0 Å². The molecule has 6 nitrogen and oxygen atoms in total. The van der Waals surface area contributed by atoms with Crippen molar-refractivity contribution >= 4 is 0 Å². The van der Waals surface area contributed by atoms with Crippen LogP contribution in [0.4, 0.5) is 0 Å². The zero-order valence-electron chi connectivity index (χ0n) is 3.68. The summed E-state index contributed by atoms with van der Waals surface area (Å²) in [5.41, 5.74) is 15.2. The van der Waals surface area contributed by atoms with E-state index in [0.29, 0.717) is 0 Å². The third-order valence-corrected chi connectivity index (χ3v) is 0.239. The molecule has 0 spiro atoms. The summed E-state index contributed by atoms with van der Waals surface area (Å²) in [5.74, 6) is 0. The summed E-state index contributed by atoms with van der Waals surface area (Å²) in [6.07, 6.45) is 0. The molecular formula is C2N6. The highest BCUT2D eigenvalue weighted by atomic mass is 15.1. The highest BCUT2D eigenvalue weighted by molar-refractivity contribution is 4.94. The van der Waals surface area contributed by atoms with Crippen molar-refractivity contribution in [2.75, 3.05) is 0 Å². The van der Waals surface area contributed by atoms with Gasteiger partial charge in [-0.2, -0.15) is 0 Å². The molecule has 0 bridgehead atoms. The van der Waals surface area contributed by atoms with Crippen LogP contribution >= 0.6 is 0 Å². The zero-order valence-corrected chi connectivity index (χ0v) is 3.68. The Morgan fingerprint density at radius 1 is 1.00 bits per heavy atom. The van der Waals surface area contributed by atoms with Crippen LogP contribution < -0.4 is 0 Å². The van der Waals surface area contributed by atoms with Gasteiger partial charge < -0.3 is 0 Å². The molecule has 8 heavy (non-hydrogen) atoms. The minimum atomic E-state index is 1.87. The fourth-order valence-corrected chi connectivity index (χ4v) is 0.0894. The molecule has 0 aliphatic heterocycles. The quantitative estimate of drug-likeness (QED) is 0.194. The van der Waals surface area contributed by atoms with Gasteiger partial charge in [-0.15, -0.1) is 0 Å². The van der Waals surface area contributed by atoms with E-state index in [1.54, 1.807) is 0 Å². The van der Waals surface area contributed by atoms with Crippen molar-refractivity contribution in [1.29, 1.82) is 0 Å². The van der Waals surface area contributed by atoms with Gasteiger partial charge in [0.15, 0.2) is 0 Å². The highest BCUT2D eigenvalue weighted by Gasteiger charge is 1.51. The number of hydrogen-bond donors (Lipinski definition) is 0. The van der Waals surface area contributed by atoms with Gasteiger partial charge in [-0.05, 0) is 21.3 Å². The van der Waals surface area contributed by atoms with Crippen LogP contribution in [0.25, 0.3) is 20.9 Å². The second-order valence-corrected chi connectivity index (χ2v) is 0.602. The molecule has 0 aromatic carbocycles. The summed E-state index contributed by atoms with van der Waals surface area (Å²) in [6.45, 7) is 0. The molecule has 0 saturated heterocycles. The molecule has 0 aliphatic carbocycles. The highest BCUT2D eigenvalue weighted by Crippen LogP contribution is 1.64. The van der Waals surface area contributed by atoms with Gasteiger partial charge in [0.1, 0.15) is 0 Å². The van der Waals surface area contributed by atoms with Gasteiger partial charge >= 0.3 is 0 Å². The molecule has 0 saturated carbocycles. The van der Waals surface area contributed by atoms with E-state index in [2.05, 4.69) is 20.1 Å². The van der Waals surface area contributed by atoms with Crippen LogP contribution in [0.5, 0.6) is 0 Å². The second-order valence-electron chi connectivity index (χ2n) is 0.602. The van der Waals surface area contributed by atoms with E-state index in [1.807, 2.05) is 12.1 Å². The fourth-order valence-electron chi connectivity index (χ4n) is 0.0894. The predicted octanol–water partition coefficient (Wildman–Crippen LogP) is 1.53. The molecule has 0 unspecified atom stereocenters. The van der Waals surface area contributed by atoms with E-state index in [4.69, 9.17) is 11.1 Å². The second kappa shape index (κ2) is 5.18. The predicted molar refractivity (Wildman–Crippen MR) is 26.1 cm³/mol. The average molecular weight is 108 g/mol. The summed E-state index contributed by atoms with van der Waals surface area (Å²) < 4.78 is 0. The van der Waals surface area contributed by atoms with Crippen molar-refractivity contribution in [3.05, 3.63) is 20.9 Å². The van der Waals surface area contributed by atoms with Gasteiger partial charge in [-0.1, -0.05) is 0 Å². The van der Waals surface area contributed by atoms with E-state index >= 15 is 0 Å². The topological polar surface area (TPSA) is 97.5 Å². The summed E-state index contributed by atoms with van der Waals surface area (Å²) >= 11 is 0. The molecular weight excluding hydrogens is 108 g/mol. The Hall–Kier alpha value is -1.82. The minimum Gasteiger partial charge on any atom is -0.0123 e. The molecule has 0 N–H and O–H groups in total. The molecule has 6 heteroatoms. The number of azide groups is 2. The standard InChI is InChI=1S/C2N6/c3-7-5-1-2-6-8-4. The van der Waals surface area contributed by atoms with Gasteiger partial charge in [0, 0.05) is 21.9 Å². The largest absolute Gasteiger partial charge is 0.0127 e. The van der Waals surface area contributed by atoms with Crippen molar-refractivity contribution in [3.8, 4) is 12.1 Å². The molecule has 38 valence electrons. The molecule has 0 fully saturated rings. The summed E-state index contributed by atoms with van der Waals surface area (Å²) in [5, 5.41) is 5.53. The molecule has 0 aromatic heterocycles. The van der Waals surface area contributed by atoms with E-state index < -0.39 is 0 Å². The lowest BCUT2D eigenvalue weighted by atomic mass is 11.1. The first-order chi connectivity index (χ1) is 3.91. The maximum atomic E-state index is 7.59. The third-order valence-electron chi connectivity index (χ3n) is 0.239. The van der Waals surface area contributed by atoms with Gasteiger partial charge in [-0.25, -0.2) is 0 Å². The lowest BCUT2D eigenvalue weighted by Gasteiger charge is -1.51. The minimum absolute atomic E-state index is 1.87. The zero-order chi connectivity index (χ0) is 6.24. The third kappa shape index (κ3) is 4.18. The summed E-state index contributed by atoms with van der Waals surface area (Å²) in [4.78, 5) is 4.55. The Morgan fingerprint density at radius 3 is 1.62 bits per heavy atom. The molecule has 0 aliphatic rings. The van der Waals surface area contributed by atoms with Gasteiger partial charge in [0.05, 0.1) is 0 Å². The van der Waals surface area contributed by atoms with Crippen LogP contribution in [-0.4, -0.2) is 0 Å². The number of rotatable bonds is 0. The molecule has 0 rings (SSSR count). The Labute approximate surface area is 44.4 Å². The molecule has 0 heterocycles. The summed E-state index contributed by atoms with van der Waals surface area (Å²) in [6, 6.07) is 3.75. The van der Waals surface area contributed by atoms with Crippen LogP contribution in [0.3, 0.4) is 0 Å². The van der Waals surface area contributed by atoms with Crippen molar-refractivity contribution in [2.45, 2.75) is 0 Å². The maximum absolute atomic E-state index is 7.59. The molecule has 0 radical (unpaired) electrons. The first-order valence-corrected chi connectivity index (χ1v) is 1.50. The van der Waals surface area contributed by atoms with Crippen LogP contribution in [0, 0.1) is 12.1 Å². The normalized spacial score (nSPS) is 4.50. The Balaban J connectivity index is 3.86. The first-order valence-electron chi connectivity index (χ1n) is 1.50.